The minimum atomic E-state index is -4.04. The molecule has 0 spiro atoms. The average Bonchev–Trinajstić information content (AvgIpc) is 3.34. The number of aromatic nitrogens is 2. The molecule has 0 aliphatic heterocycles. The number of imidazole rings is 1. The number of carbonyl (C=O) groups excluding carboxylic acids is 1. The van der Waals surface area contributed by atoms with Crippen molar-refractivity contribution in [2.75, 3.05) is 21.3 Å². The summed E-state index contributed by atoms with van der Waals surface area (Å²) in [7, 11) is 0.308. The first-order chi connectivity index (χ1) is 16.8. The monoisotopic (exact) mass is 556 g/mol. The molecular formula is C25H21BrN2O6S. The molecule has 0 aliphatic rings. The van der Waals surface area contributed by atoms with E-state index in [0.29, 0.717) is 22.8 Å². The Hall–Kier alpha value is -3.63. The molecule has 4 rings (SSSR count). The Balaban J connectivity index is 1.89. The van der Waals surface area contributed by atoms with Crippen LogP contribution in [0.3, 0.4) is 0 Å². The average molecular weight is 557 g/mol. The van der Waals surface area contributed by atoms with E-state index < -0.39 is 15.8 Å². The van der Waals surface area contributed by atoms with Crippen LogP contribution in [0.15, 0.2) is 82.3 Å². The van der Waals surface area contributed by atoms with E-state index in [1.165, 1.54) is 51.8 Å². The molecule has 0 amide bonds. The minimum absolute atomic E-state index is 0.0586. The molecule has 0 N–H and O–H groups in total. The molecule has 1 heterocycles. The highest BCUT2D eigenvalue weighted by molar-refractivity contribution is 9.10. The van der Waals surface area contributed by atoms with Crippen LogP contribution < -0.4 is 14.2 Å². The first-order valence-corrected chi connectivity index (χ1v) is 12.5. The summed E-state index contributed by atoms with van der Waals surface area (Å²) in [5.74, 6) is 0.514. The Morgan fingerprint density at radius 2 is 1.49 bits per heavy atom. The lowest BCUT2D eigenvalue weighted by Crippen LogP contribution is -2.13. The number of carbonyl (C=O) groups is 1. The molecule has 180 valence electrons. The number of ketones is 1. The number of halogens is 1. The van der Waals surface area contributed by atoms with Crippen LogP contribution in [-0.4, -0.2) is 44.5 Å². The zero-order valence-electron chi connectivity index (χ0n) is 19.1. The molecule has 0 unspecified atom stereocenters. The van der Waals surface area contributed by atoms with Crippen LogP contribution in [0.25, 0.3) is 11.4 Å². The summed E-state index contributed by atoms with van der Waals surface area (Å²) in [6.07, 6.45) is 1.23. The smallest absolute Gasteiger partial charge is 0.269 e. The van der Waals surface area contributed by atoms with Crippen LogP contribution in [0.2, 0.25) is 0 Å². The highest BCUT2D eigenvalue weighted by Gasteiger charge is 2.27. The van der Waals surface area contributed by atoms with Gasteiger partial charge in [-0.05, 0) is 36.4 Å². The third-order valence-electron chi connectivity index (χ3n) is 5.24. The largest absolute Gasteiger partial charge is 0.493 e. The van der Waals surface area contributed by atoms with Gasteiger partial charge in [-0.2, -0.15) is 0 Å². The molecule has 8 nitrogen and oxygen atoms in total. The minimum Gasteiger partial charge on any atom is -0.493 e. The summed E-state index contributed by atoms with van der Waals surface area (Å²) >= 11 is 3.38. The van der Waals surface area contributed by atoms with Gasteiger partial charge in [0.05, 0.1) is 32.4 Å². The molecule has 10 heteroatoms. The van der Waals surface area contributed by atoms with Crippen LogP contribution in [0, 0.1) is 0 Å². The Kier molecular flexibility index (Phi) is 6.95. The molecule has 0 aliphatic carbocycles. The summed E-state index contributed by atoms with van der Waals surface area (Å²) in [6.45, 7) is 0. The van der Waals surface area contributed by atoms with Crippen molar-refractivity contribution in [1.29, 1.82) is 0 Å². The fourth-order valence-electron chi connectivity index (χ4n) is 3.51. The Morgan fingerprint density at radius 1 is 0.886 bits per heavy atom. The maximum atomic E-state index is 13.5. The lowest BCUT2D eigenvalue weighted by molar-refractivity contribution is 0.103. The van der Waals surface area contributed by atoms with E-state index in [1.807, 2.05) is 0 Å². The standard InChI is InChI=1S/C25H21BrN2O6S/c1-32-21-13-17(14-22(33-2)24(21)34-3)23(29)20-15-28(35(30,31)19-7-5-4-6-8-19)25(27-20)16-9-11-18(26)12-10-16/h4-15H,1-3H3. The Bertz CT molecular complexity index is 1460. The number of methoxy groups -OCH3 is 3. The topological polar surface area (TPSA) is 96.7 Å². The van der Waals surface area contributed by atoms with E-state index >= 15 is 0 Å². The van der Waals surface area contributed by atoms with Gasteiger partial charge in [0, 0.05) is 15.6 Å². The lowest BCUT2D eigenvalue weighted by Gasteiger charge is -2.13. The third-order valence-corrected chi connectivity index (χ3v) is 7.43. The molecule has 4 aromatic rings. The normalized spacial score (nSPS) is 11.2. The van der Waals surface area contributed by atoms with Crippen molar-refractivity contribution in [3.8, 4) is 28.6 Å². The zero-order chi connectivity index (χ0) is 25.2. The summed E-state index contributed by atoms with van der Waals surface area (Å²) in [4.78, 5) is 18.0. The molecule has 0 fully saturated rings. The summed E-state index contributed by atoms with van der Waals surface area (Å²) in [5, 5.41) is 0. The van der Waals surface area contributed by atoms with Crippen molar-refractivity contribution in [2.45, 2.75) is 4.90 Å². The predicted molar refractivity (Wildman–Crippen MR) is 134 cm³/mol. The number of benzene rings is 3. The summed E-state index contributed by atoms with van der Waals surface area (Å²) in [6, 6.07) is 17.9. The van der Waals surface area contributed by atoms with Gasteiger partial charge in [0.2, 0.25) is 11.5 Å². The van der Waals surface area contributed by atoms with E-state index in [9.17, 15) is 13.2 Å². The van der Waals surface area contributed by atoms with Gasteiger partial charge in [0.25, 0.3) is 10.0 Å². The second-order valence-corrected chi connectivity index (χ2v) is 10.0. The van der Waals surface area contributed by atoms with E-state index in [2.05, 4.69) is 20.9 Å². The number of rotatable bonds is 8. The van der Waals surface area contributed by atoms with Crippen molar-refractivity contribution < 1.29 is 27.4 Å². The summed E-state index contributed by atoms with van der Waals surface area (Å²) < 4.78 is 44.8. The summed E-state index contributed by atoms with van der Waals surface area (Å²) in [5.41, 5.74) is 0.664. The van der Waals surface area contributed by atoms with Crippen LogP contribution in [0.5, 0.6) is 17.2 Å². The maximum Gasteiger partial charge on any atom is 0.269 e. The Labute approximate surface area is 211 Å². The Morgan fingerprint density at radius 3 is 2.03 bits per heavy atom. The molecule has 35 heavy (non-hydrogen) atoms. The molecule has 1 aromatic heterocycles. The lowest BCUT2D eigenvalue weighted by atomic mass is 10.1. The van der Waals surface area contributed by atoms with Crippen molar-refractivity contribution in [3.05, 3.63) is 88.7 Å². The van der Waals surface area contributed by atoms with Crippen LogP contribution in [0.4, 0.5) is 0 Å². The maximum absolute atomic E-state index is 13.5. The van der Waals surface area contributed by atoms with Crippen molar-refractivity contribution >= 4 is 31.7 Å². The van der Waals surface area contributed by atoms with Gasteiger partial charge in [0.15, 0.2) is 17.3 Å². The zero-order valence-corrected chi connectivity index (χ0v) is 21.5. The van der Waals surface area contributed by atoms with E-state index in [4.69, 9.17) is 14.2 Å². The number of hydrogen-bond donors (Lipinski definition) is 0. The highest BCUT2D eigenvalue weighted by Crippen LogP contribution is 2.39. The van der Waals surface area contributed by atoms with Crippen LogP contribution >= 0.6 is 15.9 Å². The SMILES string of the molecule is COc1cc(C(=O)c2cn(S(=O)(=O)c3ccccc3)c(-c3ccc(Br)cc3)n2)cc(OC)c1OC. The van der Waals surface area contributed by atoms with Gasteiger partial charge in [-0.25, -0.2) is 17.4 Å². The second-order valence-electron chi connectivity index (χ2n) is 7.31. The van der Waals surface area contributed by atoms with Crippen molar-refractivity contribution in [3.63, 3.8) is 0 Å². The first kappa shape index (κ1) is 24.5. The van der Waals surface area contributed by atoms with Gasteiger partial charge in [-0.1, -0.05) is 46.3 Å². The number of nitrogens with zero attached hydrogens (tertiary/aromatic N) is 2. The van der Waals surface area contributed by atoms with E-state index in [-0.39, 0.29) is 22.0 Å². The quantitative estimate of drug-likeness (QED) is 0.287. The molecule has 0 atom stereocenters. The molecular weight excluding hydrogens is 536 g/mol. The van der Waals surface area contributed by atoms with Gasteiger partial charge >= 0.3 is 0 Å². The number of hydrogen-bond acceptors (Lipinski definition) is 7. The second kappa shape index (κ2) is 9.93. The molecule has 0 saturated heterocycles. The third kappa shape index (κ3) is 4.67. The molecule has 0 saturated carbocycles. The van der Waals surface area contributed by atoms with Gasteiger partial charge in [-0.15, -0.1) is 0 Å². The van der Waals surface area contributed by atoms with Gasteiger partial charge < -0.3 is 14.2 Å². The predicted octanol–water partition coefficient (Wildman–Crippen LogP) is 4.81. The van der Waals surface area contributed by atoms with E-state index in [0.717, 1.165) is 8.45 Å². The fraction of sp³-hybridized carbons (Fsp3) is 0.120. The van der Waals surface area contributed by atoms with Crippen LogP contribution in [0.1, 0.15) is 16.1 Å². The number of ether oxygens (including phenoxy) is 3. The van der Waals surface area contributed by atoms with Crippen LogP contribution in [-0.2, 0) is 10.0 Å². The molecule has 0 radical (unpaired) electrons. The van der Waals surface area contributed by atoms with E-state index in [1.54, 1.807) is 42.5 Å². The van der Waals surface area contributed by atoms with Gasteiger partial charge in [-0.3, -0.25) is 4.79 Å². The van der Waals surface area contributed by atoms with Crippen molar-refractivity contribution in [2.24, 2.45) is 0 Å². The molecule has 0 bridgehead atoms. The van der Waals surface area contributed by atoms with Gasteiger partial charge in [0.1, 0.15) is 5.69 Å². The molecule has 3 aromatic carbocycles. The highest BCUT2D eigenvalue weighted by atomic mass is 79.9. The first-order valence-electron chi connectivity index (χ1n) is 10.3. The van der Waals surface area contributed by atoms with Crippen molar-refractivity contribution in [1.82, 2.24) is 8.96 Å². The fourth-order valence-corrected chi connectivity index (χ4v) is 5.12.